The van der Waals surface area contributed by atoms with Crippen molar-refractivity contribution in [2.75, 3.05) is 5.32 Å². The lowest BCUT2D eigenvalue weighted by molar-refractivity contribution is 0.101. The molecule has 0 radical (unpaired) electrons. The summed E-state index contributed by atoms with van der Waals surface area (Å²) in [6, 6.07) is 9.27. The van der Waals surface area contributed by atoms with Crippen molar-refractivity contribution in [2.24, 2.45) is 0 Å². The van der Waals surface area contributed by atoms with Gasteiger partial charge < -0.3 is 4.42 Å². The van der Waals surface area contributed by atoms with E-state index in [1.807, 2.05) is 25.1 Å². The second kappa shape index (κ2) is 6.60. The number of rotatable bonds is 4. The van der Waals surface area contributed by atoms with Gasteiger partial charge in [0.15, 0.2) is 0 Å². The lowest BCUT2D eigenvalue weighted by atomic mass is 10.2. The predicted octanol–water partition coefficient (Wildman–Crippen LogP) is 2.88. The van der Waals surface area contributed by atoms with Crippen LogP contribution in [0.15, 0.2) is 65.8 Å². The third-order valence-corrected chi connectivity index (χ3v) is 3.72. The molecule has 1 N–H and O–H groups in total. The molecule has 0 aliphatic heterocycles. The minimum absolute atomic E-state index is 0.0747. The number of anilines is 1. The molecule has 128 valence electrons. The molecule has 0 fully saturated rings. The number of hydrogen-bond acceptors (Lipinski definition) is 6. The van der Waals surface area contributed by atoms with Crippen LogP contribution in [-0.4, -0.2) is 30.4 Å². The lowest BCUT2D eigenvalue weighted by Gasteiger charge is -2.05. The summed E-state index contributed by atoms with van der Waals surface area (Å²) in [6.45, 7) is 1.93. The van der Waals surface area contributed by atoms with Crippen molar-refractivity contribution in [1.29, 1.82) is 0 Å². The highest BCUT2D eigenvalue weighted by molar-refractivity contribution is 6.01. The van der Waals surface area contributed by atoms with Crippen LogP contribution in [0.4, 0.5) is 6.01 Å². The molecule has 0 unspecified atom stereocenters. The van der Waals surface area contributed by atoms with Crippen molar-refractivity contribution in [3.8, 4) is 17.2 Å². The van der Waals surface area contributed by atoms with Crippen LogP contribution in [0.1, 0.15) is 16.2 Å². The van der Waals surface area contributed by atoms with Crippen molar-refractivity contribution in [2.45, 2.75) is 6.92 Å². The maximum Gasteiger partial charge on any atom is 0.302 e. The van der Waals surface area contributed by atoms with Crippen molar-refractivity contribution >= 4 is 11.9 Å². The van der Waals surface area contributed by atoms with Crippen molar-refractivity contribution < 1.29 is 9.21 Å². The first-order valence-electron chi connectivity index (χ1n) is 7.86. The highest BCUT2D eigenvalue weighted by Crippen LogP contribution is 2.22. The number of carbonyl (C=O) groups excluding carboxylic acids is 1. The standard InChI is InChI=1S/C18H14N6O2/c1-12-5-4-8-20-15(12)13-11-26-18(22-13)23-17(25)16-21-9-10-24(16)14-6-2-3-7-19-14/h2-11H,1H3,(H,22,23,25). The number of oxazole rings is 1. The summed E-state index contributed by atoms with van der Waals surface area (Å²) < 4.78 is 6.94. The minimum atomic E-state index is -0.452. The third kappa shape index (κ3) is 2.95. The van der Waals surface area contributed by atoms with Crippen molar-refractivity contribution in [3.63, 3.8) is 0 Å². The predicted molar refractivity (Wildman–Crippen MR) is 93.8 cm³/mol. The average Bonchev–Trinajstić information content (AvgIpc) is 3.32. The van der Waals surface area contributed by atoms with Gasteiger partial charge >= 0.3 is 6.01 Å². The molecule has 0 spiro atoms. The van der Waals surface area contributed by atoms with Crippen LogP contribution in [0.2, 0.25) is 0 Å². The highest BCUT2D eigenvalue weighted by atomic mass is 16.4. The van der Waals surface area contributed by atoms with E-state index in [0.717, 1.165) is 5.56 Å². The van der Waals surface area contributed by atoms with Gasteiger partial charge in [-0.15, -0.1) is 0 Å². The summed E-state index contributed by atoms with van der Waals surface area (Å²) in [7, 11) is 0. The largest absolute Gasteiger partial charge is 0.431 e. The molecule has 4 aromatic rings. The second-order valence-electron chi connectivity index (χ2n) is 5.47. The van der Waals surface area contributed by atoms with Gasteiger partial charge in [0.05, 0.1) is 5.69 Å². The molecule has 0 atom stereocenters. The molecular weight excluding hydrogens is 332 g/mol. The number of amides is 1. The molecular formula is C18H14N6O2. The van der Waals surface area contributed by atoms with Gasteiger partial charge in [0.2, 0.25) is 5.82 Å². The monoisotopic (exact) mass is 346 g/mol. The average molecular weight is 346 g/mol. The van der Waals surface area contributed by atoms with Gasteiger partial charge in [-0.1, -0.05) is 12.1 Å². The summed E-state index contributed by atoms with van der Waals surface area (Å²) in [4.78, 5) is 29.4. The quantitative estimate of drug-likeness (QED) is 0.610. The number of carbonyl (C=O) groups is 1. The zero-order valence-corrected chi connectivity index (χ0v) is 13.8. The molecule has 4 rings (SSSR count). The van der Waals surface area contributed by atoms with Gasteiger partial charge in [-0.2, -0.15) is 4.98 Å². The van der Waals surface area contributed by atoms with E-state index in [9.17, 15) is 4.79 Å². The van der Waals surface area contributed by atoms with Crippen LogP contribution in [0.25, 0.3) is 17.2 Å². The third-order valence-electron chi connectivity index (χ3n) is 3.72. The van der Waals surface area contributed by atoms with Crippen LogP contribution in [-0.2, 0) is 0 Å². The number of nitrogens with one attached hydrogen (secondary N) is 1. The zero-order chi connectivity index (χ0) is 17.9. The number of imidazole rings is 1. The lowest BCUT2D eigenvalue weighted by Crippen LogP contribution is -2.18. The van der Waals surface area contributed by atoms with E-state index in [1.54, 1.807) is 35.3 Å². The first-order chi connectivity index (χ1) is 12.7. The summed E-state index contributed by atoms with van der Waals surface area (Å²) in [5.41, 5.74) is 2.21. The molecule has 4 heterocycles. The SMILES string of the molecule is Cc1cccnc1-c1coc(NC(=O)c2nccn2-c2ccccn2)n1. The van der Waals surface area contributed by atoms with E-state index in [4.69, 9.17) is 4.42 Å². The molecule has 0 aliphatic carbocycles. The molecule has 8 nitrogen and oxygen atoms in total. The normalized spacial score (nSPS) is 10.7. The van der Waals surface area contributed by atoms with Crippen LogP contribution < -0.4 is 5.32 Å². The van der Waals surface area contributed by atoms with E-state index in [0.29, 0.717) is 17.2 Å². The van der Waals surface area contributed by atoms with Gasteiger partial charge in [0.25, 0.3) is 5.91 Å². The van der Waals surface area contributed by atoms with E-state index in [1.165, 1.54) is 12.5 Å². The van der Waals surface area contributed by atoms with Crippen LogP contribution >= 0.6 is 0 Å². The fourth-order valence-corrected chi connectivity index (χ4v) is 2.50. The first-order valence-corrected chi connectivity index (χ1v) is 7.86. The van der Waals surface area contributed by atoms with Gasteiger partial charge in [-0.25, -0.2) is 9.97 Å². The fraction of sp³-hybridized carbons (Fsp3) is 0.0556. The number of aryl methyl sites for hydroxylation is 1. The Morgan fingerprint density at radius 2 is 1.96 bits per heavy atom. The smallest absolute Gasteiger partial charge is 0.302 e. The number of aromatic nitrogens is 5. The van der Waals surface area contributed by atoms with Gasteiger partial charge in [-0.3, -0.25) is 19.7 Å². The topological polar surface area (TPSA) is 98.7 Å². The van der Waals surface area contributed by atoms with Crippen LogP contribution in [0, 0.1) is 6.92 Å². The molecule has 0 saturated heterocycles. The van der Waals surface area contributed by atoms with Crippen molar-refractivity contribution in [1.82, 2.24) is 24.5 Å². The molecule has 1 amide bonds. The Morgan fingerprint density at radius 1 is 1.08 bits per heavy atom. The molecule has 0 aliphatic rings. The Bertz CT molecular complexity index is 1050. The van der Waals surface area contributed by atoms with E-state index in [2.05, 4.69) is 25.3 Å². The first kappa shape index (κ1) is 15.7. The highest BCUT2D eigenvalue weighted by Gasteiger charge is 2.18. The van der Waals surface area contributed by atoms with E-state index in [-0.39, 0.29) is 11.8 Å². The molecule has 8 heteroatoms. The molecule has 0 saturated carbocycles. The molecule has 0 bridgehead atoms. The molecule has 4 aromatic heterocycles. The van der Waals surface area contributed by atoms with E-state index >= 15 is 0 Å². The summed E-state index contributed by atoms with van der Waals surface area (Å²) in [5.74, 6) is 0.316. The number of nitrogens with zero attached hydrogens (tertiary/aromatic N) is 5. The van der Waals surface area contributed by atoms with Crippen LogP contribution in [0.3, 0.4) is 0 Å². The summed E-state index contributed by atoms with van der Waals surface area (Å²) in [5, 5.41) is 2.61. The summed E-state index contributed by atoms with van der Waals surface area (Å²) in [6.07, 6.45) is 7.97. The van der Waals surface area contributed by atoms with Crippen LogP contribution in [0.5, 0.6) is 0 Å². The minimum Gasteiger partial charge on any atom is -0.431 e. The van der Waals surface area contributed by atoms with Gasteiger partial charge in [0, 0.05) is 24.8 Å². The second-order valence-corrected chi connectivity index (χ2v) is 5.47. The maximum absolute atomic E-state index is 12.5. The Kier molecular flexibility index (Phi) is 3.98. The Hall–Kier alpha value is -3.81. The fourth-order valence-electron chi connectivity index (χ4n) is 2.50. The Balaban J connectivity index is 1.57. The Morgan fingerprint density at radius 3 is 2.77 bits per heavy atom. The van der Waals surface area contributed by atoms with Gasteiger partial charge in [-0.05, 0) is 30.7 Å². The van der Waals surface area contributed by atoms with Crippen molar-refractivity contribution in [3.05, 3.63) is 72.8 Å². The summed E-state index contributed by atoms with van der Waals surface area (Å²) >= 11 is 0. The molecule has 0 aromatic carbocycles. The zero-order valence-electron chi connectivity index (χ0n) is 13.8. The van der Waals surface area contributed by atoms with E-state index < -0.39 is 5.91 Å². The Labute approximate surface area is 148 Å². The number of pyridine rings is 2. The maximum atomic E-state index is 12.5. The molecule has 26 heavy (non-hydrogen) atoms. The number of hydrogen-bond donors (Lipinski definition) is 1. The van der Waals surface area contributed by atoms with Gasteiger partial charge in [0.1, 0.15) is 17.8 Å².